The number of Topliss-reactive ketones (excluding diaryl/α,β-unsaturated/α-hetero) is 1. The molecular weight excluding hydrogens is 378 g/mol. The molecule has 0 spiro atoms. The van der Waals surface area contributed by atoms with Crippen LogP contribution < -0.4 is 4.74 Å². The third-order valence-electron chi connectivity index (χ3n) is 5.16. The number of carbonyl (C=O) groups is 2. The molecule has 3 rings (SSSR count). The average molecular weight is 404 g/mol. The molecule has 0 saturated carbocycles. The smallest absolute Gasteiger partial charge is 0.256 e. The molecule has 1 amide bonds. The molecule has 0 radical (unpaired) electrons. The number of hydrogen-bond acceptors (Lipinski definition) is 4. The molecule has 1 heterocycles. The molecule has 1 aliphatic carbocycles. The fourth-order valence-electron chi connectivity index (χ4n) is 3.69. The quantitative estimate of drug-likeness (QED) is 0.646. The predicted octanol–water partition coefficient (Wildman–Crippen LogP) is 3.99. The zero-order valence-corrected chi connectivity index (χ0v) is 17.4. The molecule has 28 heavy (non-hydrogen) atoms. The first kappa shape index (κ1) is 20.6. The van der Waals surface area contributed by atoms with E-state index in [-0.39, 0.29) is 11.7 Å². The Bertz CT molecular complexity index is 856. The number of carbonyl (C=O) groups excluding carboxylic acids is 2. The van der Waals surface area contributed by atoms with Crippen molar-refractivity contribution in [2.75, 3.05) is 33.4 Å². The van der Waals surface area contributed by atoms with Crippen molar-refractivity contribution in [2.24, 2.45) is 0 Å². The number of methoxy groups -OCH3 is 1. The van der Waals surface area contributed by atoms with E-state index >= 15 is 0 Å². The second kappa shape index (κ2) is 8.93. The molecule has 1 aliphatic heterocycles. The van der Waals surface area contributed by atoms with Gasteiger partial charge in [0, 0.05) is 45.2 Å². The Labute approximate surface area is 170 Å². The monoisotopic (exact) mass is 403 g/mol. The number of rotatable bonds is 7. The number of benzene rings is 1. The van der Waals surface area contributed by atoms with Gasteiger partial charge >= 0.3 is 0 Å². The average Bonchev–Trinajstić information content (AvgIpc) is 2.64. The van der Waals surface area contributed by atoms with Gasteiger partial charge in [0.25, 0.3) is 5.91 Å². The molecule has 0 bridgehead atoms. The Balaban J connectivity index is 1.80. The summed E-state index contributed by atoms with van der Waals surface area (Å²) in [4.78, 5) is 27.3. The lowest BCUT2D eigenvalue weighted by Gasteiger charge is -2.31. The van der Waals surface area contributed by atoms with E-state index in [1.165, 1.54) is 0 Å². The SMILES string of the molecule is COCCCOc1ccc2c(c1Cl)C(=O)N(CC1=C(C)C=C(C)CC1=O)CC2. The van der Waals surface area contributed by atoms with Crippen molar-refractivity contribution in [1.29, 1.82) is 0 Å². The molecule has 0 fully saturated rings. The number of ether oxygens (including phenoxy) is 2. The van der Waals surface area contributed by atoms with Gasteiger partial charge in [-0.1, -0.05) is 29.3 Å². The predicted molar refractivity (Wildman–Crippen MR) is 109 cm³/mol. The van der Waals surface area contributed by atoms with Crippen molar-refractivity contribution in [3.8, 4) is 5.75 Å². The number of hydrogen-bond donors (Lipinski definition) is 0. The minimum atomic E-state index is -0.145. The van der Waals surface area contributed by atoms with Gasteiger partial charge in [0.1, 0.15) is 5.75 Å². The highest BCUT2D eigenvalue weighted by Gasteiger charge is 2.30. The van der Waals surface area contributed by atoms with Crippen LogP contribution in [0.3, 0.4) is 0 Å². The number of nitrogens with zero attached hydrogens (tertiary/aromatic N) is 1. The first-order valence-corrected chi connectivity index (χ1v) is 9.92. The van der Waals surface area contributed by atoms with Crippen molar-refractivity contribution in [2.45, 2.75) is 33.1 Å². The van der Waals surface area contributed by atoms with Gasteiger partial charge in [0.2, 0.25) is 0 Å². The van der Waals surface area contributed by atoms with E-state index in [2.05, 4.69) is 0 Å². The molecule has 0 unspecified atom stereocenters. The lowest BCUT2D eigenvalue weighted by Crippen LogP contribution is -2.40. The lowest BCUT2D eigenvalue weighted by atomic mass is 9.91. The Morgan fingerprint density at radius 2 is 1.96 bits per heavy atom. The topological polar surface area (TPSA) is 55.8 Å². The molecule has 1 aromatic rings. The fourth-order valence-corrected chi connectivity index (χ4v) is 4.01. The zero-order chi connectivity index (χ0) is 20.3. The molecule has 150 valence electrons. The highest BCUT2D eigenvalue weighted by molar-refractivity contribution is 6.35. The van der Waals surface area contributed by atoms with E-state index in [4.69, 9.17) is 21.1 Å². The summed E-state index contributed by atoms with van der Waals surface area (Å²) in [6, 6.07) is 3.73. The van der Waals surface area contributed by atoms with Crippen LogP contribution >= 0.6 is 11.6 Å². The van der Waals surface area contributed by atoms with Crippen LogP contribution in [0, 0.1) is 0 Å². The number of halogens is 1. The van der Waals surface area contributed by atoms with Crippen LogP contribution in [0.15, 0.2) is 34.9 Å². The number of allylic oxidation sites excluding steroid dienone is 3. The second-order valence-electron chi connectivity index (χ2n) is 7.34. The van der Waals surface area contributed by atoms with Crippen LogP contribution in [-0.4, -0.2) is 50.0 Å². The van der Waals surface area contributed by atoms with Crippen LogP contribution in [-0.2, 0) is 16.0 Å². The summed E-state index contributed by atoms with van der Waals surface area (Å²) < 4.78 is 10.7. The van der Waals surface area contributed by atoms with Crippen molar-refractivity contribution in [1.82, 2.24) is 4.90 Å². The first-order valence-electron chi connectivity index (χ1n) is 9.55. The number of amides is 1. The van der Waals surface area contributed by atoms with E-state index in [0.29, 0.717) is 61.1 Å². The van der Waals surface area contributed by atoms with E-state index in [1.807, 2.05) is 32.1 Å². The molecular formula is C22H26ClNO4. The van der Waals surface area contributed by atoms with Gasteiger partial charge in [-0.05, 0) is 37.5 Å². The second-order valence-corrected chi connectivity index (χ2v) is 7.71. The molecule has 1 aromatic carbocycles. The third kappa shape index (κ3) is 4.31. The minimum Gasteiger partial charge on any atom is -0.492 e. The molecule has 5 nitrogen and oxygen atoms in total. The summed E-state index contributed by atoms with van der Waals surface area (Å²) in [7, 11) is 1.64. The standard InChI is InChI=1S/C22H26ClNO4/c1-14-11-15(2)17(18(25)12-14)13-24-8-7-16-5-6-19(28-10-4-9-27-3)21(23)20(16)22(24)26/h5-6,11H,4,7-10,12-13H2,1-3H3. The van der Waals surface area contributed by atoms with Gasteiger partial charge in [-0.25, -0.2) is 0 Å². The molecule has 0 atom stereocenters. The summed E-state index contributed by atoms with van der Waals surface area (Å²) in [6.45, 7) is 5.85. The van der Waals surface area contributed by atoms with Gasteiger partial charge < -0.3 is 14.4 Å². The Morgan fingerprint density at radius 3 is 2.68 bits per heavy atom. The van der Waals surface area contributed by atoms with Gasteiger partial charge in [-0.2, -0.15) is 0 Å². The molecule has 6 heteroatoms. The summed E-state index contributed by atoms with van der Waals surface area (Å²) >= 11 is 6.53. The summed E-state index contributed by atoms with van der Waals surface area (Å²) in [5.74, 6) is 0.458. The lowest BCUT2D eigenvalue weighted by molar-refractivity contribution is -0.115. The Hall–Kier alpha value is -2.11. The maximum absolute atomic E-state index is 13.1. The van der Waals surface area contributed by atoms with E-state index in [9.17, 15) is 9.59 Å². The Morgan fingerprint density at radius 1 is 1.18 bits per heavy atom. The maximum Gasteiger partial charge on any atom is 0.256 e. The minimum absolute atomic E-state index is 0.0948. The van der Waals surface area contributed by atoms with Crippen molar-refractivity contribution in [3.05, 3.63) is 51.1 Å². The normalized spacial score (nSPS) is 17.0. The van der Waals surface area contributed by atoms with Gasteiger partial charge in [-0.15, -0.1) is 0 Å². The largest absolute Gasteiger partial charge is 0.492 e. The van der Waals surface area contributed by atoms with Crippen molar-refractivity contribution in [3.63, 3.8) is 0 Å². The highest BCUT2D eigenvalue weighted by Crippen LogP contribution is 2.35. The molecule has 0 N–H and O–H groups in total. The first-order chi connectivity index (χ1) is 13.4. The maximum atomic E-state index is 13.1. The van der Waals surface area contributed by atoms with Gasteiger partial charge in [-0.3, -0.25) is 9.59 Å². The zero-order valence-electron chi connectivity index (χ0n) is 16.6. The number of ketones is 1. The van der Waals surface area contributed by atoms with Crippen LogP contribution in [0.25, 0.3) is 0 Å². The summed E-state index contributed by atoms with van der Waals surface area (Å²) in [5.41, 5.74) is 4.12. The van der Waals surface area contributed by atoms with Crippen LogP contribution in [0.4, 0.5) is 0 Å². The number of fused-ring (bicyclic) bond motifs is 1. The fraction of sp³-hybridized carbons (Fsp3) is 0.455. The molecule has 0 aromatic heterocycles. The van der Waals surface area contributed by atoms with Gasteiger partial charge in [0.05, 0.1) is 17.2 Å². The van der Waals surface area contributed by atoms with E-state index in [1.54, 1.807) is 12.0 Å². The van der Waals surface area contributed by atoms with Crippen molar-refractivity contribution >= 4 is 23.3 Å². The van der Waals surface area contributed by atoms with E-state index < -0.39 is 0 Å². The van der Waals surface area contributed by atoms with Crippen LogP contribution in [0.2, 0.25) is 5.02 Å². The Kier molecular flexibility index (Phi) is 6.57. The van der Waals surface area contributed by atoms with Crippen LogP contribution in [0.5, 0.6) is 5.75 Å². The summed E-state index contributed by atoms with van der Waals surface area (Å²) in [5, 5.41) is 0.348. The molecule has 2 aliphatic rings. The van der Waals surface area contributed by atoms with E-state index in [0.717, 1.165) is 23.1 Å². The highest BCUT2D eigenvalue weighted by atomic mass is 35.5. The third-order valence-corrected chi connectivity index (χ3v) is 5.53. The van der Waals surface area contributed by atoms with Crippen molar-refractivity contribution < 1.29 is 19.1 Å². The molecule has 0 saturated heterocycles. The van der Waals surface area contributed by atoms with Crippen LogP contribution in [0.1, 0.15) is 42.6 Å². The summed E-state index contributed by atoms with van der Waals surface area (Å²) in [6.07, 6.45) is 3.90. The van der Waals surface area contributed by atoms with Gasteiger partial charge in [0.15, 0.2) is 5.78 Å².